The minimum atomic E-state index is -0.322. The van der Waals surface area contributed by atoms with Gasteiger partial charge in [0.05, 0.1) is 12.2 Å². The predicted molar refractivity (Wildman–Crippen MR) is 83.8 cm³/mol. The van der Waals surface area contributed by atoms with Crippen LogP contribution in [0, 0.1) is 5.82 Å². The summed E-state index contributed by atoms with van der Waals surface area (Å²) in [7, 11) is 0. The second-order valence-electron chi connectivity index (χ2n) is 4.72. The summed E-state index contributed by atoms with van der Waals surface area (Å²) < 4.78 is 13.2. The van der Waals surface area contributed by atoms with E-state index in [9.17, 15) is 4.39 Å². The molecule has 3 nitrogen and oxygen atoms in total. The van der Waals surface area contributed by atoms with E-state index in [-0.39, 0.29) is 11.9 Å². The summed E-state index contributed by atoms with van der Waals surface area (Å²) in [4.78, 5) is 8.19. The zero-order valence-electron chi connectivity index (χ0n) is 11.5. The molecule has 0 aliphatic rings. The number of hydrogen-bond donors (Lipinski definition) is 1. The van der Waals surface area contributed by atoms with Gasteiger partial charge in [-0.2, -0.15) is 0 Å². The lowest BCUT2D eigenvalue weighted by molar-refractivity contribution is 0.616. The summed E-state index contributed by atoms with van der Waals surface area (Å²) in [6, 6.07) is 9.51. The molecule has 21 heavy (non-hydrogen) atoms. The number of aromatic nitrogens is 2. The molecule has 0 aliphatic carbocycles. The second-order valence-corrected chi connectivity index (χ2v) is 5.62. The van der Waals surface area contributed by atoms with Crippen LogP contribution in [0.1, 0.15) is 18.5 Å². The van der Waals surface area contributed by atoms with Gasteiger partial charge in [-0.05, 0) is 30.7 Å². The Morgan fingerprint density at radius 2 is 2.14 bits per heavy atom. The first-order chi connectivity index (χ1) is 10.2. The van der Waals surface area contributed by atoms with E-state index in [1.165, 1.54) is 12.3 Å². The van der Waals surface area contributed by atoms with Gasteiger partial charge in [-0.15, -0.1) is 11.3 Å². The van der Waals surface area contributed by atoms with E-state index in [4.69, 9.17) is 0 Å². The maximum atomic E-state index is 13.2. The summed E-state index contributed by atoms with van der Waals surface area (Å²) in [5.41, 5.74) is 2.86. The number of rotatable bonds is 4. The van der Waals surface area contributed by atoms with Gasteiger partial charge in [0.15, 0.2) is 0 Å². The Morgan fingerprint density at radius 1 is 1.24 bits per heavy atom. The van der Waals surface area contributed by atoms with Crippen LogP contribution in [0.3, 0.4) is 0 Å². The van der Waals surface area contributed by atoms with Crippen LogP contribution < -0.4 is 5.32 Å². The largest absolute Gasteiger partial charge is 0.378 e. The maximum absolute atomic E-state index is 13.2. The highest BCUT2D eigenvalue weighted by molar-refractivity contribution is 7.13. The van der Waals surface area contributed by atoms with Crippen LogP contribution in [-0.2, 0) is 0 Å². The average Bonchev–Trinajstić information content (AvgIpc) is 3.02. The fourth-order valence-corrected chi connectivity index (χ4v) is 2.74. The monoisotopic (exact) mass is 299 g/mol. The minimum Gasteiger partial charge on any atom is -0.378 e. The Labute approximate surface area is 126 Å². The topological polar surface area (TPSA) is 37.8 Å². The van der Waals surface area contributed by atoms with Gasteiger partial charge < -0.3 is 5.32 Å². The van der Waals surface area contributed by atoms with Gasteiger partial charge in [-0.25, -0.2) is 9.37 Å². The van der Waals surface area contributed by atoms with Crippen LogP contribution in [0.4, 0.5) is 10.1 Å². The molecular weight excluding hydrogens is 285 g/mol. The molecule has 0 amide bonds. The van der Waals surface area contributed by atoms with E-state index in [1.54, 1.807) is 23.7 Å². The molecule has 5 heteroatoms. The molecule has 1 unspecified atom stereocenters. The van der Waals surface area contributed by atoms with Crippen molar-refractivity contribution in [2.75, 3.05) is 5.32 Å². The smallest absolute Gasteiger partial charge is 0.141 e. The number of benzene rings is 1. The van der Waals surface area contributed by atoms with Crippen molar-refractivity contribution in [2.24, 2.45) is 0 Å². The molecule has 3 aromatic rings. The quantitative estimate of drug-likeness (QED) is 0.770. The molecular formula is C16H14FN3S. The van der Waals surface area contributed by atoms with Gasteiger partial charge in [0.25, 0.3) is 0 Å². The summed E-state index contributed by atoms with van der Waals surface area (Å²) in [5.74, 6) is -0.322. The highest BCUT2D eigenvalue weighted by Crippen LogP contribution is 2.26. The van der Waals surface area contributed by atoms with E-state index in [2.05, 4.69) is 15.3 Å². The Bertz CT molecular complexity index is 728. The number of halogens is 1. The van der Waals surface area contributed by atoms with Crippen molar-refractivity contribution in [3.63, 3.8) is 0 Å². The number of anilines is 1. The first-order valence-electron chi connectivity index (χ1n) is 6.59. The normalized spacial score (nSPS) is 12.1. The molecule has 3 rings (SSSR count). The van der Waals surface area contributed by atoms with E-state index >= 15 is 0 Å². The third-order valence-corrected chi connectivity index (χ3v) is 3.97. The van der Waals surface area contributed by atoms with Crippen molar-refractivity contribution in [3.8, 4) is 10.6 Å². The standard InChI is InChI=1S/C16H14FN3S/c1-11(13-7-14(17)10-18-9-13)20-15-4-2-3-12(8-15)16-19-5-6-21-16/h2-11,20H,1H3. The minimum absolute atomic E-state index is 0.0280. The fraction of sp³-hybridized carbons (Fsp3) is 0.125. The van der Waals surface area contributed by atoms with Crippen molar-refractivity contribution in [1.29, 1.82) is 0 Å². The van der Waals surface area contributed by atoms with Crippen LogP contribution >= 0.6 is 11.3 Å². The third-order valence-electron chi connectivity index (χ3n) is 3.15. The average molecular weight is 299 g/mol. The van der Waals surface area contributed by atoms with Crippen molar-refractivity contribution in [3.05, 3.63) is 65.7 Å². The van der Waals surface area contributed by atoms with E-state index in [0.717, 1.165) is 21.8 Å². The summed E-state index contributed by atoms with van der Waals surface area (Å²) >= 11 is 1.60. The van der Waals surface area contributed by atoms with Gasteiger partial charge in [0.2, 0.25) is 0 Å². The SMILES string of the molecule is CC(Nc1cccc(-c2nccs2)c1)c1cncc(F)c1. The molecule has 0 fully saturated rings. The van der Waals surface area contributed by atoms with Crippen molar-refractivity contribution in [1.82, 2.24) is 9.97 Å². The molecule has 0 bridgehead atoms. The van der Waals surface area contributed by atoms with Gasteiger partial charge >= 0.3 is 0 Å². The molecule has 0 aliphatic heterocycles. The van der Waals surface area contributed by atoms with Gasteiger partial charge in [0, 0.05) is 29.0 Å². The second kappa shape index (κ2) is 6.01. The van der Waals surface area contributed by atoms with Gasteiger partial charge in [0.1, 0.15) is 10.8 Å². The third kappa shape index (κ3) is 3.25. The number of hydrogen-bond acceptors (Lipinski definition) is 4. The Kier molecular flexibility index (Phi) is 3.92. The number of nitrogens with one attached hydrogen (secondary N) is 1. The molecule has 2 aromatic heterocycles. The van der Waals surface area contributed by atoms with Crippen LogP contribution in [0.5, 0.6) is 0 Å². The van der Waals surface area contributed by atoms with Crippen LogP contribution in [0.2, 0.25) is 0 Å². The molecule has 0 spiro atoms. The zero-order valence-corrected chi connectivity index (χ0v) is 12.3. The Morgan fingerprint density at radius 3 is 2.90 bits per heavy atom. The molecule has 1 aromatic carbocycles. The van der Waals surface area contributed by atoms with Crippen molar-refractivity contribution < 1.29 is 4.39 Å². The number of nitrogens with zero attached hydrogens (tertiary/aromatic N) is 2. The predicted octanol–water partition coefficient (Wildman–Crippen LogP) is 4.52. The first-order valence-corrected chi connectivity index (χ1v) is 7.47. The lowest BCUT2D eigenvalue weighted by Gasteiger charge is -2.16. The molecule has 0 saturated heterocycles. The molecule has 2 heterocycles. The summed E-state index contributed by atoms with van der Waals surface area (Å²) in [6.07, 6.45) is 4.67. The molecule has 1 N–H and O–H groups in total. The summed E-state index contributed by atoms with van der Waals surface area (Å²) in [5, 5.41) is 6.30. The van der Waals surface area contributed by atoms with E-state index in [1.807, 2.05) is 36.6 Å². The highest BCUT2D eigenvalue weighted by atomic mass is 32.1. The first kappa shape index (κ1) is 13.7. The van der Waals surface area contributed by atoms with E-state index < -0.39 is 0 Å². The van der Waals surface area contributed by atoms with Gasteiger partial charge in [-0.3, -0.25) is 4.98 Å². The van der Waals surface area contributed by atoms with Crippen molar-refractivity contribution in [2.45, 2.75) is 13.0 Å². The Hall–Kier alpha value is -2.27. The van der Waals surface area contributed by atoms with Crippen LogP contribution in [-0.4, -0.2) is 9.97 Å². The fourth-order valence-electron chi connectivity index (χ4n) is 2.11. The van der Waals surface area contributed by atoms with Crippen LogP contribution in [0.15, 0.2) is 54.3 Å². The maximum Gasteiger partial charge on any atom is 0.141 e. The van der Waals surface area contributed by atoms with Gasteiger partial charge in [-0.1, -0.05) is 12.1 Å². The number of thiazole rings is 1. The lowest BCUT2D eigenvalue weighted by atomic mass is 10.1. The van der Waals surface area contributed by atoms with Crippen LogP contribution in [0.25, 0.3) is 10.6 Å². The molecule has 106 valence electrons. The highest BCUT2D eigenvalue weighted by Gasteiger charge is 2.08. The molecule has 0 saturated carbocycles. The molecule has 0 radical (unpaired) electrons. The molecule has 1 atom stereocenters. The Balaban J connectivity index is 1.80. The lowest BCUT2D eigenvalue weighted by Crippen LogP contribution is -2.07. The van der Waals surface area contributed by atoms with Crippen molar-refractivity contribution >= 4 is 17.0 Å². The van der Waals surface area contributed by atoms with E-state index in [0.29, 0.717) is 0 Å². The zero-order chi connectivity index (χ0) is 14.7. The number of pyridine rings is 1. The summed E-state index contributed by atoms with van der Waals surface area (Å²) in [6.45, 7) is 1.98.